The Hall–Kier alpha value is -0.380. The van der Waals surface area contributed by atoms with Crippen LogP contribution in [-0.2, 0) is 0 Å². The van der Waals surface area contributed by atoms with Crippen LogP contribution in [0.1, 0.15) is 45.4 Å². The van der Waals surface area contributed by atoms with Crippen LogP contribution in [0.2, 0.25) is 0 Å². The second kappa shape index (κ2) is 5.51. The molecule has 3 heteroatoms. The highest BCUT2D eigenvalue weighted by molar-refractivity contribution is 5.15. The summed E-state index contributed by atoms with van der Waals surface area (Å²) in [7, 11) is 2.00. The first-order valence-electron chi connectivity index (χ1n) is 6.94. The van der Waals surface area contributed by atoms with E-state index in [1.807, 2.05) is 7.05 Å². The summed E-state index contributed by atoms with van der Waals surface area (Å²) in [5.74, 6) is 0.771. The number of hydrogen-bond acceptors (Lipinski definition) is 3. The molecule has 0 spiro atoms. The van der Waals surface area contributed by atoms with E-state index in [2.05, 4.69) is 17.9 Å². The number of nitrogens with two attached hydrogens (primary N) is 1. The van der Waals surface area contributed by atoms with Crippen molar-refractivity contribution in [2.24, 2.45) is 11.7 Å². The van der Waals surface area contributed by atoms with Gasteiger partial charge in [0.1, 0.15) is 6.23 Å². The predicted octanol–water partition coefficient (Wildman–Crippen LogP) is 1.86. The summed E-state index contributed by atoms with van der Waals surface area (Å²) in [6.45, 7) is 2.27. The number of allylic oxidation sites excluding steroid dienone is 1. The van der Waals surface area contributed by atoms with Gasteiger partial charge in [0.05, 0.1) is 6.04 Å². The molecule has 0 amide bonds. The van der Waals surface area contributed by atoms with E-state index in [9.17, 15) is 5.11 Å². The number of likely N-dealkylation sites (N-methyl/N-ethyl adjacent to an activating group) is 1. The Kier molecular flexibility index (Phi) is 4.23. The Morgan fingerprint density at radius 2 is 2.12 bits per heavy atom. The monoisotopic (exact) mass is 238 g/mol. The van der Waals surface area contributed by atoms with Gasteiger partial charge >= 0.3 is 0 Å². The van der Waals surface area contributed by atoms with Gasteiger partial charge in [-0.1, -0.05) is 25.0 Å². The first kappa shape index (κ1) is 13.1. The molecule has 3 nitrogen and oxygen atoms in total. The number of nitrogens with zero attached hydrogens (tertiary/aromatic N) is 1. The average Bonchev–Trinajstić information content (AvgIpc) is 2.25. The van der Waals surface area contributed by atoms with E-state index < -0.39 is 6.23 Å². The van der Waals surface area contributed by atoms with E-state index in [1.54, 1.807) is 0 Å². The summed E-state index contributed by atoms with van der Waals surface area (Å²) in [6.07, 6.45) is 8.81. The third kappa shape index (κ3) is 2.90. The summed E-state index contributed by atoms with van der Waals surface area (Å²) in [5.41, 5.74) is 7.45. The lowest BCUT2D eigenvalue weighted by atomic mass is 9.86. The maximum Gasteiger partial charge on any atom is 0.126 e. The molecule has 2 aliphatic carbocycles. The molecule has 1 unspecified atom stereocenters. The van der Waals surface area contributed by atoms with Gasteiger partial charge in [-0.25, -0.2) is 0 Å². The zero-order valence-electron chi connectivity index (χ0n) is 11.1. The number of aliphatic hydroxyl groups is 1. The molecule has 2 rings (SSSR count). The van der Waals surface area contributed by atoms with Crippen LogP contribution in [0.5, 0.6) is 0 Å². The summed E-state index contributed by atoms with van der Waals surface area (Å²) in [5, 5.41) is 10.3. The van der Waals surface area contributed by atoms with Crippen LogP contribution in [-0.4, -0.2) is 35.4 Å². The molecule has 2 aliphatic rings. The van der Waals surface area contributed by atoms with E-state index in [0.29, 0.717) is 6.04 Å². The second-order valence-corrected chi connectivity index (χ2v) is 5.85. The van der Waals surface area contributed by atoms with Crippen molar-refractivity contribution in [3.05, 3.63) is 11.6 Å². The molecule has 0 aromatic heterocycles. The number of rotatable bonds is 4. The summed E-state index contributed by atoms with van der Waals surface area (Å²) in [4.78, 5) is 2.06. The molecule has 0 aromatic carbocycles. The van der Waals surface area contributed by atoms with Crippen molar-refractivity contribution in [2.45, 2.75) is 63.8 Å². The lowest BCUT2D eigenvalue weighted by molar-refractivity contribution is -0.0369. The molecule has 98 valence electrons. The number of hydrogen-bond donors (Lipinski definition) is 2. The highest BCUT2D eigenvalue weighted by Crippen LogP contribution is 2.29. The van der Waals surface area contributed by atoms with Crippen molar-refractivity contribution >= 4 is 0 Å². The van der Waals surface area contributed by atoms with Crippen LogP contribution < -0.4 is 5.73 Å². The molecule has 1 saturated carbocycles. The van der Waals surface area contributed by atoms with E-state index in [-0.39, 0.29) is 6.04 Å². The number of aliphatic hydroxyl groups excluding tert-OH is 1. The van der Waals surface area contributed by atoms with Gasteiger partial charge in [0.2, 0.25) is 0 Å². The summed E-state index contributed by atoms with van der Waals surface area (Å²) < 4.78 is 0. The van der Waals surface area contributed by atoms with Crippen LogP contribution in [0.4, 0.5) is 0 Å². The van der Waals surface area contributed by atoms with Gasteiger partial charge in [-0.2, -0.15) is 0 Å². The van der Waals surface area contributed by atoms with Crippen molar-refractivity contribution in [1.29, 1.82) is 0 Å². The molecule has 0 aliphatic heterocycles. The topological polar surface area (TPSA) is 49.5 Å². The zero-order chi connectivity index (χ0) is 12.4. The van der Waals surface area contributed by atoms with E-state index >= 15 is 0 Å². The quantitative estimate of drug-likeness (QED) is 0.580. The van der Waals surface area contributed by atoms with Crippen molar-refractivity contribution in [3.63, 3.8) is 0 Å². The molecule has 0 saturated heterocycles. The van der Waals surface area contributed by atoms with Crippen LogP contribution in [0, 0.1) is 5.92 Å². The smallest absolute Gasteiger partial charge is 0.126 e. The Labute approximate surface area is 105 Å². The fourth-order valence-corrected chi connectivity index (χ4v) is 2.74. The van der Waals surface area contributed by atoms with Crippen molar-refractivity contribution < 1.29 is 5.11 Å². The standard InChI is InChI=1S/C14H26N2O/c1-10-6-8-11(9-7-10)13(15)14(17)16(2)12-4-3-5-12/h8,10,12-14,17H,3-7,9,15H2,1-2H3/t10-,13+,14?/m1/s1. The second-order valence-electron chi connectivity index (χ2n) is 5.85. The van der Waals surface area contributed by atoms with Gasteiger partial charge in [-0.15, -0.1) is 0 Å². The van der Waals surface area contributed by atoms with E-state index in [1.165, 1.54) is 31.3 Å². The molecule has 3 N–H and O–H groups in total. The Morgan fingerprint density at radius 3 is 2.59 bits per heavy atom. The fraction of sp³-hybridized carbons (Fsp3) is 0.857. The van der Waals surface area contributed by atoms with Crippen molar-refractivity contribution in [3.8, 4) is 0 Å². The van der Waals surface area contributed by atoms with E-state index in [0.717, 1.165) is 18.8 Å². The SMILES string of the molecule is C[C@@H]1CC=C([C@H](N)C(O)N(C)C2CCC2)CC1. The van der Waals surface area contributed by atoms with Crippen molar-refractivity contribution in [2.75, 3.05) is 7.05 Å². The third-order valence-electron chi connectivity index (χ3n) is 4.53. The molecule has 0 radical (unpaired) electrons. The molecule has 17 heavy (non-hydrogen) atoms. The van der Waals surface area contributed by atoms with E-state index in [4.69, 9.17) is 5.73 Å². The lowest BCUT2D eigenvalue weighted by Crippen LogP contribution is -2.52. The van der Waals surface area contributed by atoms with Crippen LogP contribution in [0.15, 0.2) is 11.6 Å². The normalized spacial score (nSPS) is 29.7. The predicted molar refractivity (Wildman–Crippen MR) is 70.5 cm³/mol. The fourth-order valence-electron chi connectivity index (χ4n) is 2.74. The Balaban J connectivity index is 1.91. The molecule has 0 bridgehead atoms. The molecule has 3 atom stereocenters. The van der Waals surface area contributed by atoms with Gasteiger partial charge in [0, 0.05) is 6.04 Å². The third-order valence-corrected chi connectivity index (χ3v) is 4.53. The van der Waals surface area contributed by atoms with Gasteiger partial charge < -0.3 is 10.8 Å². The Morgan fingerprint density at radius 1 is 1.41 bits per heavy atom. The van der Waals surface area contributed by atoms with Crippen LogP contribution in [0.25, 0.3) is 0 Å². The van der Waals surface area contributed by atoms with Gasteiger partial charge in [0.25, 0.3) is 0 Å². The first-order valence-corrected chi connectivity index (χ1v) is 6.94. The maximum absolute atomic E-state index is 10.3. The molecule has 0 aromatic rings. The largest absolute Gasteiger partial charge is 0.376 e. The molecule has 1 fully saturated rings. The maximum atomic E-state index is 10.3. The minimum atomic E-state index is -0.514. The van der Waals surface area contributed by atoms with Crippen LogP contribution >= 0.6 is 0 Å². The van der Waals surface area contributed by atoms with Crippen LogP contribution in [0.3, 0.4) is 0 Å². The average molecular weight is 238 g/mol. The lowest BCUT2D eigenvalue weighted by Gasteiger charge is -2.40. The first-order chi connectivity index (χ1) is 8.09. The molecular weight excluding hydrogens is 212 g/mol. The summed E-state index contributed by atoms with van der Waals surface area (Å²) >= 11 is 0. The molecular formula is C14H26N2O. The minimum Gasteiger partial charge on any atom is -0.376 e. The van der Waals surface area contributed by atoms with Gasteiger partial charge in [0.15, 0.2) is 0 Å². The summed E-state index contributed by atoms with van der Waals surface area (Å²) in [6, 6.07) is 0.340. The highest BCUT2D eigenvalue weighted by atomic mass is 16.3. The van der Waals surface area contributed by atoms with Crippen molar-refractivity contribution in [1.82, 2.24) is 4.90 Å². The zero-order valence-corrected chi connectivity index (χ0v) is 11.1. The Bertz CT molecular complexity index is 286. The van der Waals surface area contributed by atoms with Gasteiger partial charge in [-0.3, -0.25) is 4.90 Å². The highest BCUT2D eigenvalue weighted by Gasteiger charge is 2.31. The molecule has 0 heterocycles. The van der Waals surface area contributed by atoms with Gasteiger partial charge in [-0.05, 0) is 45.1 Å². The minimum absolute atomic E-state index is 0.201.